The highest BCUT2D eigenvalue weighted by Gasteiger charge is 2.34. The molecule has 2 nitrogen and oxygen atoms in total. The maximum atomic E-state index is 3.51. The van der Waals surface area contributed by atoms with Crippen LogP contribution in [0.3, 0.4) is 0 Å². The fourth-order valence-corrected chi connectivity index (χ4v) is 4.00. The lowest BCUT2D eigenvalue weighted by Gasteiger charge is -2.28. The molecule has 0 radical (unpaired) electrons. The summed E-state index contributed by atoms with van der Waals surface area (Å²) < 4.78 is 0. The van der Waals surface area contributed by atoms with E-state index in [4.69, 9.17) is 0 Å². The summed E-state index contributed by atoms with van der Waals surface area (Å²) >= 11 is 1.82. The Morgan fingerprint density at radius 3 is 2.89 bits per heavy atom. The van der Waals surface area contributed by atoms with Crippen molar-refractivity contribution in [2.24, 2.45) is 5.92 Å². The lowest BCUT2D eigenvalue weighted by Crippen LogP contribution is -2.38. The Morgan fingerprint density at radius 1 is 1.33 bits per heavy atom. The Labute approximate surface area is 114 Å². The third kappa shape index (κ3) is 2.95. The van der Waals surface area contributed by atoms with Crippen molar-refractivity contribution in [1.29, 1.82) is 0 Å². The molecule has 0 saturated heterocycles. The van der Waals surface area contributed by atoms with Gasteiger partial charge in [0.05, 0.1) is 0 Å². The Hall–Kier alpha value is -0.380. The fourth-order valence-electron chi connectivity index (χ4n) is 3.34. The fraction of sp³-hybridized carbons (Fsp3) is 0.733. The SMILES string of the molecule is CNC1CCCC1CN(Cc1ccsc1)C1CC1. The van der Waals surface area contributed by atoms with E-state index in [-0.39, 0.29) is 0 Å². The molecule has 2 aliphatic carbocycles. The topological polar surface area (TPSA) is 15.3 Å². The molecule has 1 heterocycles. The molecule has 0 spiro atoms. The van der Waals surface area contributed by atoms with Gasteiger partial charge < -0.3 is 5.32 Å². The van der Waals surface area contributed by atoms with Crippen LogP contribution in [0.25, 0.3) is 0 Å². The molecule has 2 aliphatic rings. The van der Waals surface area contributed by atoms with E-state index >= 15 is 0 Å². The first-order chi connectivity index (χ1) is 8.86. The normalized spacial score (nSPS) is 28.1. The number of rotatable bonds is 6. The number of hydrogen-bond acceptors (Lipinski definition) is 3. The van der Waals surface area contributed by atoms with E-state index in [1.165, 1.54) is 50.8 Å². The minimum absolute atomic E-state index is 0.758. The van der Waals surface area contributed by atoms with Crippen molar-refractivity contribution in [3.05, 3.63) is 22.4 Å². The van der Waals surface area contributed by atoms with Crippen molar-refractivity contribution < 1.29 is 0 Å². The van der Waals surface area contributed by atoms with Crippen molar-refractivity contribution in [3.63, 3.8) is 0 Å². The van der Waals surface area contributed by atoms with Crippen LogP contribution in [0.5, 0.6) is 0 Å². The van der Waals surface area contributed by atoms with Crippen LogP contribution in [-0.2, 0) is 6.54 Å². The van der Waals surface area contributed by atoms with E-state index in [9.17, 15) is 0 Å². The van der Waals surface area contributed by atoms with E-state index in [1.54, 1.807) is 0 Å². The molecular formula is C15H24N2S. The average molecular weight is 264 g/mol. The highest BCUT2D eigenvalue weighted by atomic mass is 32.1. The molecule has 1 aromatic heterocycles. The van der Waals surface area contributed by atoms with Crippen LogP contribution in [0.15, 0.2) is 16.8 Å². The van der Waals surface area contributed by atoms with Gasteiger partial charge in [0.2, 0.25) is 0 Å². The Kier molecular flexibility index (Phi) is 4.02. The van der Waals surface area contributed by atoms with Gasteiger partial charge in [-0.25, -0.2) is 0 Å². The molecule has 2 unspecified atom stereocenters. The average Bonchev–Trinajstić information content (AvgIpc) is 2.92. The Balaban J connectivity index is 1.60. The number of thiophene rings is 1. The Morgan fingerprint density at radius 2 is 2.22 bits per heavy atom. The van der Waals surface area contributed by atoms with Crippen LogP contribution in [0, 0.1) is 5.92 Å². The summed E-state index contributed by atoms with van der Waals surface area (Å²) in [5, 5.41) is 8.02. The molecule has 3 heteroatoms. The second kappa shape index (κ2) is 5.72. The van der Waals surface area contributed by atoms with Crippen molar-refractivity contribution in [2.75, 3.05) is 13.6 Å². The monoisotopic (exact) mass is 264 g/mol. The van der Waals surface area contributed by atoms with Crippen LogP contribution in [0.1, 0.15) is 37.7 Å². The van der Waals surface area contributed by atoms with Crippen LogP contribution < -0.4 is 5.32 Å². The molecule has 18 heavy (non-hydrogen) atoms. The summed E-state index contributed by atoms with van der Waals surface area (Å²) in [6.07, 6.45) is 7.03. The molecule has 0 amide bonds. The zero-order chi connectivity index (χ0) is 12.4. The summed E-state index contributed by atoms with van der Waals surface area (Å²) in [6, 6.07) is 3.92. The molecule has 0 aliphatic heterocycles. The van der Waals surface area contributed by atoms with Crippen molar-refractivity contribution in [1.82, 2.24) is 10.2 Å². The van der Waals surface area contributed by atoms with Crippen LogP contribution >= 0.6 is 11.3 Å². The first kappa shape index (κ1) is 12.6. The highest BCUT2D eigenvalue weighted by Crippen LogP contribution is 2.33. The molecular weight excluding hydrogens is 240 g/mol. The first-order valence-corrected chi connectivity index (χ1v) is 8.23. The molecule has 2 atom stereocenters. The van der Waals surface area contributed by atoms with Gasteiger partial charge in [-0.05, 0) is 61.0 Å². The first-order valence-electron chi connectivity index (χ1n) is 7.29. The summed E-state index contributed by atoms with van der Waals surface area (Å²) in [7, 11) is 2.13. The van der Waals surface area contributed by atoms with Crippen LogP contribution in [-0.4, -0.2) is 30.6 Å². The third-order valence-electron chi connectivity index (χ3n) is 4.53. The van der Waals surface area contributed by atoms with Gasteiger partial charge in [0.15, 0.2) is 0 Å². The zero-order valence-corrected chi connectivity index (χ0v) is 12.1. The van der Waals surface area contributed by atoms with Gasteiger partial charge in [0, 0.05) is 25.2 Å². The lowest BCUT2D eigenvalue weighted by atomic mass is 10.0. The largest absolute Gasteiger partial charge is 0.317 e. The molecule has 0 aromatic carbocycles. The summed E-state index contributed by atoms with van der Waals surface area (Å²) in [4.78, 5) is 2.74. The molecule has 0 bridgehead atoms. The van der Waals surface area contributed by atoms with Crippen molar-refractivity contribution in [2.45, 2.75) is 50.7 Å². The quantitative estimate of drug-likeness (QED) is 0.849. The molecule has 2 saturated carbocycles. The van der Waals surface area contributed by atoms with Crippen LogP contribution in [0.2, 0.25) is 0 Å². The summed E-state index contributed by atoms with van der Waals surface area (Å²) in [5.41, 5.74) is 1.51. The van der Waals surface area contributed by atoms with E-state index in [0.29, 0.717) is 0 Å². The highest BCUT2D eigenvalue weighted by molar-refractivity contribution is 7.07. The second-order valence-corrected chi connectivity index (χ2v) is 6.66. The smallest absolute Gasteiger partial charge is 0.0245 e. The molecule has 3 rings (SSSR count). The molecule has 1 aromatic rings. The van der Waals surface area contributed by atoms with E-state index in [2.05, 4.69) is 34.1 Å². The van der Waals surface area contributed by atoms with Gasteiger partial charge in [-0.1, -0.05) is 6.42 Å². The summed E-state index contributed by atoms with van der Waals surface area (Å²) in [5.74, 6) is 0.870. The predicted molar refractivity (Wildman–Crippen MR) is 77.9 cm³/mol. The minimum Gasteiger partial charge on any atom is -0.317 e. The van der Waals surface area contributed by atoms with Gasteiger partial charge >= 0.3 is 0 Å². The standard InChI is InChI=1S/C15H24N2S/c1-16-15-4-2-3-13(15)10-17(14-5-6-14)9-12-7-8-18-11-12/h7-8,11,13-16H,2-6,9-10H2,1H3. The van der Waals surface area contributed by atoms with Crippen molar-refractivity contribution >= 4 is 11.3 Å². The number of nitrogens with zero attached hydrogens (tertiary/aromatic N) is 1. The minimum atomic E-state index is 0.758. The van der Waals surface area contributed by atoms with Gasteiger partial charge in [-0.2, -0.15) is 11.3 Å². The van der Waals surface area contributed by atoms with Crippen molar-refractivity contribution in [3.8, 4) is 0 Å². The third-order valence-corrected chi connectivity index (χ3v) is 5.26. The molecule has 2 fully saturated rings. The Bertz CT molecular complexity index is 359. The van der Waals surface area contributed by atoms with Gasteiger partial charge in [-0.15, -0.1) is 0 Å². The maximum Gasteiger partial charge on any atom is 0.0245 e. The molecule has 1 N–H and O–H groups in total. The van der Waals surface area contributed by atoms with E-state index in [0.717, 1.165) is 18.0 Å². The zero-order valence-electron chi connectivity index (χ0n) is 11.3. The van der Waals surface area contributed by atoms with Crippen LogP contribution in [0.4, 0.5) is 0 Å². The summed E-state index contributed by atoms with van der Waals surface area (Å²) in [6.45, 7) is 2.47. The van der Waals surface area contributed by atoms with E-state index in [1.807, 2.05) is 11.3 Å². The second-order valence-electron chi connectivity index (χ2n) is 5.88. The lowest BCUT2D eigenvalue weighted by molar-refractivity contribution is 0.200. The van der Waals surface area contributed by atoms with Gasteiger partial charge in [0.25, 0.3) is 0 Å². The number of nitrogens with one attached hydrogen (secondary N) is 1. The van der Waals surface area contributed by atoms with E-state index < -0.39 is 0 Å². The predicted octanol–water partition coefficient (Wildman–Crippen LogP) is 3.10. The maximum absolute atomic E-state index is 3.51. The number of hydrogen-bond donors (Lipinski definition) is 1. The van der Waals surface area contributed by atoms with Gasteiger partial charge in [0.1, 0.15) is 0 Å². The molecule has 100 valence electrons. The van der Waals surface area contributed by atoms with Gasteiger partial charge in [-0.3, -0.25) is 4.90 Å².